The Morgan fingerprint density at radius 1 is 1.14 bits per heavy atom. The molecule has 0 aliphatic rings. The van der Waals surface area contributed by atoms with Crippen LogP contribution in [0.3, 0.4) is 0 Å². The zero-order valence-corrected chi connectivity index (χ0v) is 16.4. The summed E-state index contributed by atoms with van der Waals surface area (Å²) < 4.78 is 10.5. The smallest absolute Gasteiger partial charge is 0.282 e. The van der Waals surface area contributed by atoms with E-state index in [0.717, 1.165) is 28.3 Å². The molecule has 3 rings (SSSR count). The van der Waals surface area contributed by atoms with Crippen LogP contribution in [0, 0.1) is 0 Å². The highest BCUT2D eigenvalue weighted by molar-refractivity contribution is 5.91. The predicted molar refractivity (Wildman–Crippen MR) is 106 cm³/mol. The van der Waals surface area contributed by atoms with Gasteiger partial charge in [0.2, 0.25) is 5.82 Å². The van der Waals surface area contributed by atoms with Crippen molar-refractivity contribution in [3.05, 3.63) is 60.0 Å². The molecule has 3 aromatic rings. The zero-order chi connectivity index (χ0) is 19.9. The van der Waals surface area contributed by atoms with E-state index in [2.05, 4.69) is 34.5 Å². The van der Waals surface area contributed by atoms with Crippen molar-refractivity contribution in [1.82, 2.24) is 10.1 Å². The number of ether oxygens (including phenoxy) is 1. The number of amides is 1. The SMILES string of the molecule is CCc1ccc(-c2noc(C[NH+](C)CC(=O)Nc3ccc(OC)cc3)n2)cc1. The van der Waals surface area contributed by atoms with Crippen molar-refractivity contribution in [3.63, 3.8) is 0 Å². The van der Waals surface area contributed by atoms with Crippen LogP contribution in [0.1, 0.15) is 18.4 Å². The van der Waals surface area contributed by atoms with E-state index in [9.17, 15) is 4.79 Å². The van der Waals surface area contributed by atoms with E-state index in [-0.39, 0.29) is 12.5 Å². The fraction of sp³-hybridized carbons (Fsp3) is 0.286. The Labute approximate surface area is 164 Å². The van der Waals surface area contributed by atoms with Gasteiger partial charge in [-0.25, -0.2) is 0 Å². The van der Waals surface area contributed by atoms with E-state index in [0.29, 0.717) is 18.3 Å². The number of aryl methyl sites for hydroxylation is 1. The van der Waals surface area contributed by atoms with E-state index in [1.165, 1.54) is 5.56 Å². The number of likely N-dealkylation sites (N-methyl/N-ethyl adjacent to an activating group) is 1. The maximum absolute atomic E-state index is 12.2. The average Bonchev–Trinajstić information content (AvgIpc) is 3.16. The lowest BCUT2D eigenvalue weighted by Crippen LogP contribution is -3.08. The Morgan fingerprint density at radius 2 is 1.86 bits per heavy atom. The second kappa shape index (κ2) is 9.14. The van der Waals surface area contributed by atoms with E-state index in [1.54, 1.807) is 31.4 Å². The topological polar surface area (TPSA) is 81.7 Å². The highest BCUT2D eigenvalue weighted by atomic mass is 16.5. The highest BCUT2D eigenvalue weighted by Crippen LogP contribution is 2.17. The molecule has 1 unspecified atom stereocenters. The maximum Gasteiger partial charge on any atom is 0.282 e. The summed E-state index contributed by atoms with van der Waals surface area (Å²) in [7, 11) is 3.52. The lowest BCUT2D eigenvalue weighted by Gasteiger charge is -2.11. The van der Waals surface area contributed by atoms with Gasteiger partial charge in [-0.15, -0.1) is 0 Å². The molecule has 0 saturated carbocycles. The van der Waals surface area contributed by atoms with Crippen LogP contribution in [0.4, 0.5) is 5.69 Å². The van der Waals surface area contributed by atoms with E-state index in [1.807, 2.05) is 19.2 Å². The van der Waals surface area contributed by atoms with Crippen LogP contribution in [0.2, 0.25) is 0 Å². The van der Waals surface area contributed by atoms with Crippen LogP contribution < -0.4 is 15.0 Å². The summed E-state index contributed by atoms with van der Waals surface area (Å²) in [5.41, 5.74) is 2.91. The van der Waals surface area contributed by atoms with Crippen LogP contribution in [0.25, 0.3) is 11.4 Å². The van der Waals surface area contributed by atoms with Gasteiger partial charge in [-0.05, 0) is 36.2 Å². The summed E-state index contributed by atoms with van der Waals surface area (Å²) in [5, 5.41) is 6.92. The van der Waals surface area contributed by atoms with Gasteiger partial charge in [0.1, 0.15) is 5.75 Å². The molecule has 1 amide bonds. The molecular formula is C21H25N4O3+. The molecule has 1 aromatic heterocycles. The Bertz CT molecular complexity index is 904. The molecule has 2 N–H and O–H groups in total. The van der Waals surface area contributed by atoms with Crippen LogP contribution in [0.5, 0.6) is 5.75 Å². The molecule has 7 heteroatoms. The number of hydrogen-bond donors (Lipinski definition) is 2. The fourth-order valence-corrected chi connectivity index (χ4v) is 2.81. The predicted octanol–water partition coefficient (Wildman–Crippen LogP) is 1.96. The minimum absolute atomic E-state index is 0.0856. The Morgan fingerprint density at radius 3 is 2.50 bits per heavy atom. The zero-order valence-electron chi connectivity index (χ0n) is 16.4. The van der Waals surface area contributed by atoms with E-state index >= 15 is 0 Å². The molecule has 7 nitrogen and oxygen atoms in total. The number of rotatable bonds is 8. The number of quaternary nitrogens is 1. The van der Waals surface area contributed by atoms with Gasteiger partial charge in [-0.3, -0.25) is 4.79 Å². The van der Waals surface area contributed by atoms with Crippen LogP contribution in [-0.2, 0) is 17.8 Å². The summed E-state index contributed by atoms with van der Waals surface area (Å²) in [4.78, 5) is 17.6. The van der Waals surface area contributed by atoms with Gasteiger partial charge in [-0.1, -0.05) is 36.3 Å². The number of anilines is 1. The lowest BCUT2D eigenvalue weighted by atomic mass is 10.1. The van der Waals surface area contributed by atoms with Crippen molar-refractivity contribution in [2.45, 2.75) is 19.9 Å². The third-order valence-electron chi connectivity index (χ3n) is 4.38. The second-order valence-electron chi connectivity index (χ2n) is 6.65. The quantitative estimate of drug-likeness (QED) is 0.623. The van der Waals surface area contributed by atoms with Gasteiger partial charge in [0.15, 0.2) is 13.1 Å². The molecule has 2 aromatic carbocycles. The third kappa shape index (κ3) is 5.17. The molecule has 0 fully saturated rings. The molecule has 146 valence electrons. The number of nitrogens with zero attached hydrogens (tertiary/aromatic N) is 2. The number of carbonyl (C=O) groups is 1. The summed E-state index contributed by atoms with van der Waals surface area (Å²) in [6, 6.07) is 15.3. The summed E-state index contributed by atoms with van der Waals surface area (Å²) in [5.74, 6) is 1.73. The molecule has 0 aliphatic carbocycles. The molecule has 0 radical (unpaired) electrons. The van der Waals surface area contributed by atoms with Gasteiger partial charge in [0.05, 0.1) is 14.2 Å². The first-order valence-corrected chi connectivity index (χ1v) is 9.24. The van der Waals surface area contributed by atoms with Crippen LogP contribution in [-0.4, -0.2) is 36.8 Å². The van der Waals surface area contributed by atoms with E-state index < -0.39 is 0 Å². The average molecular weight is 381 g/mol. The van der Waals surface area contributed by atoms with Gasteiger partial charge >= 0.3 is 0 Å². The number of nitrogens with one attached hydrogen (secondary N) is 2. The summed E-state index contributed by atoms with van der Waals surface area (Å²) in [6.45, 7) is 2.87. The molecule has 28 heavy (non-hydrogen) atoms. The van der Waals surface area contributed by atoms with Gasteiger partial charge < -0.3 is 19.5 Å². The number of aromatic nitrogens is 2. The molecule has 1 atom stereocenters. The van der Waals surface area contributed by atoms with Crippen molar-refractivity contribution < 1.29 is 19.0 Å². The van der Waals surface area contributed by atoms with Crippen molar-refractivity contribution in [1.29, 1.82) is 0 Å². The highest BCUT2D eigenvalue weighted by Gasteiger charge is 2.16. The fourth-order valence-electron chi connectivity index (χ4n) is 2.81. The Balaban J connectivity index is 1.53. The van der Waals surface area contributed by atoms with Gasteiger partial charge in [0, 0.05) is 11.3 Å². The number of benzene rings is 2. The van der Waals surface area contributed by atoms with Gasteiger partial charge in [-0.2, -0.15) is 4.98 Å². The van der Waals surface area contributed by atoms with Crippen molar-refractivity contribution in [2.75, 3.05) is 26.0 Å². The third-order valence-corrected chi connectivity index (χ3v) is 4.38. The number of carbonyl (C=O) groups excluding carboxylic acids is 1. The number of hydrogen-bond acceptors (Lipinski definition) is 5. The first-order chi connectivity index (χ1) is 13.6. The Hall–Kier alpha value is -3.19. The molecule has 0 spiro atoms. The second-order valence-corrected chi connectivity index (χ2v) is 6.65. The monoisotopic (exact) mass is 381 g/mol. The van der Waals surface area contributed by atoms with Crippen molar-refractivity contribution >= 4 is 11.6 Å². The molecular weight excluding hydrogens is 356 g/mol. The normalized spacial score (nSPS) is 11.8. The largest absolute Gasteiger partial charge is 0.497 e. The van der Waals surface area contributed by atoms with E-state index in [4.69, 9.17) is 9.26 Å². The molecule has 0 bridgehead atoms. The Kier molecular flexibility index (Phi) is 6.39. The van der Waals surface area contributed by atoms with Crippen LogP contribution >= 0.6 is 0 Å². The first kappa shape index (κ1) is 19.6. The maximum atomic E-state index is 12.2. The van der Waals surface area contributed by atoms with Crippen LogP contribution in [0.15, 0.2) is 53.1 Å². The summed E-state index contributed by atoms with van der Waals surface area (Å²) in [6.07, 6.45) is 0.991. The first-order valence-electron chi connectivity index (χ1n) is 9.24. The van der Waals surface area contributed by atoms with Crippen molar-refractivity contribution in [2.24, 2.45) is 0 Å². The molecule has 1 heterocycles. The standard InChI is InChI=1S/C21H24N4O3/c1-4-15-5-7-16(8-6-15)21-23-20(28-24-21)14-25(2)13-19(26)22-17-9-11-18(27-3)12-10-17/h5-12H,4,13-14H2,1-3H3,(H,22,26)/p+1. The molecule has 0 saturated heterocycles. The number of methoxy groups -OCH3 is 1. The minimum atomic E-state index is -0.0856. The minimum Gasteiger partial charge on any atom is -0.497 e. The summed E-state index contributed by atoms with van der Waals surface area (Å²) >= 11 is 0. The van der Waals surface area contributed by atoms with Crippen molar-refractivity contribution in [3.8, 4) is 17.1 Å². The lowest BCUT2D eigenvalue weighted by molar-refractivity contribution is -0.886. The van der Waals surface area contributed by atoms with Gasteiger partial charge in [0.25, 0.3) is 11.8 Å². The molecule has 0 aliphatic heterocycles.